The number of anilines is 1. The molecule has 0 aliphatic carbocycles. The standard InChI is InChI=1S/C18H27N3O3S/c1-4-25-15-7-5-6-10-20(12-15)16-9-8-14(11-17(16)21(23)24)18(22)19-13(2)3/h8-9,11,13,15H,4-7,10,12H2,1-3H3,(H,19,22). The van der Waals surface area contributed by atoms with Crippen molar-refractivity contribution in [3.05, 3.63) is 33.9 Å². The van der Waals surface area contributed by atoms with E-state index in [4.69, 9.17) is 0 Å². The number of hydrogen-bond donors (Lipinski definition) is 1. The lowest BCUT2D eigenvalue weighted by Crippen LogP contribution is -2.31. The van der Waals surface area contributed by atoms with Gasteiger partial charge in [0.05, 0.1) is 4.92 Å². The molecule has 138 valence electrons. The maximum Gasteiger partial charge on any atom is 0.293 e. The smallest absolute Gasteiger partial charge is 0.293 e. The normalized spacial score (nSPS) is 18.1. The molecule has 1 N–H and O–H groups in total. The molecule has 0 aromatic heterocycles. The fraction of sp³-hybridized carbons (Fsp3) is 0.611. The van der Waals surface area contributed by atoms with E-state index in [1.807, 2.05) is 25.6 Å². The number of nitrogens with one attached hydrogen (secondary N) is 1. The first-order valence-corrected chi connectivity index (χ1v) is 9.93. The minimum absolute atomic E-state index is 0.0105. The van der Waals surface area contributed by atoms with Gasteiger partial charge in [0.1, 0.15) is 5.69 Å². The third-order valence-corrected chi connectivity index (χ3v) is 5.41. The number of nitrogens with zero attached hydrogens (tertiary/aromatic N) is 2. The highest BCUT2D eigenvalue weighted by atomic mass is 32.2. The van der Waals surface area contributed by atoms with Crippen LogP contribution in [0.15, 0.2) is 18.2 Å². The van der Waals surface area contributed by atoms with Crippen LogP contribution in [0.1, 0.15) is 50.4 Å². The molecule has 0 radical (unpaired) electrons. The van der Waals surface area contributed by atoms with Crippen molar-refractivity contribution in [2.75, 3.05) is 23.7 Å². The van der Waals surface area contributed by atoms with Crippen molar-refractivity contribution in [3.63, 3.8) is 0 Å². The number of nitro benzene ring substituents is 1. The van der Waals surface area contributed by atoms with Crippen LogP contribution in [0.5, 0.6) is 0 Å². The number of amides is 1. The quantitative estimate of drug-likeness (QED) is 0.612. The van der Waals surface area contributed by atoms with Gasteiger partial charge in [-0.1, -0.05) is 13.3 Å². The van der Waals surface area contributed by atoms with Crippen LogP contribution in [-0.2, 0) is 0 Å². The molecule has 1 aliphatic rings. The molecular weight excluding hydrogens is 338 g/mol. The molecule has 1 aromatic carbocycles. The summed E-state index contributed by atoms with van der Waals surface area (Å²) in [5, 5.41) is 14.9. The summed E-state index contributed by atoms with van der Waals surface area (Å²) in [6, 6.07) is 4.81. The minimum atomic E-state index is -0.381. The topological polar surface area (TPSA) is 75.5 Å². The number of carbonyl (C=O) groups is 1. The zero-order chi connectivity index (χ0) is 18.4. The highest BCUT2D eigenvalue weighted by Gasteiger charge is 2.25. The maximum atomic E-state index is 12.2. The molecule has 1 heterocycles. The van der Waals surface area contributed by atoms with Gasteiger partial charge in [0.25, 0.3) is 11.6 Å². The summed E-state index contributed by atoms with van der Waals surface area (Å²) in [6.07, 6.45) is 3.34. The lowest BCUT2D eigenvalue weighted by atomic mass is 10.1. The zero-order valence-corrected chi connectivity index (χ0v) is 16.0. The molecule has 2 rings (SSSR count). The van der Waals surface area contributed by atoms with Gasteiger partial charge in [-0.25, -0.2) is 0 Å². The predicted molar refractivity (Wildman–Crippen MR) is 104 cm³/mol. The predicted octanol–water partition coefficient (Wildman–Crippen LogP) is 3.85. The van der Waals surface area contributed by atoms with Crippen molar-refractivity contribution < 1.29 is 9.72 Å². The van der Waals surface area contributed by atoms with E-state index >= 15 is 0 Å². The zero-order valence-electron chi connectivity index (χ0n) is 15.2. The van der Waals surface area contributed by atoms with Crippen LogP contribution in [0.2, 0.25) is 0 Å². The number of benzene rings is 1. The van der Waals surface area contributed by atoms with E-state index in [1.54, 1.807) is 12.1 Å². The average Bonchev–Trinajstić information content (AvgIpc) is 2.79. The number of thioether (sulfide) groups is 1. The molecule has 25 heavy (non-hydrogen) atoms. The molecule has 0 bridgehead atoms. The van der Waals surface area contributed by atoms with Gasteiger partial charge in [-0.2, -0.15) is 11.8 Å². The SMILES string of the molecule is CCSC1CCCCN(c2ccc(C(=O)NC(C)C)cc2[N+](=O)[O-])C1. The molecule has 1 unspecified atom stereocenters. The van der Waals surface area contributed by atoms with Gasteiger partial charge in [0.2, 0.25) is 0 Å². The first-order valence-electron chi connectivity index (χ1n) is 8.88. The maximum absolute atomic E-state index is 12.2. The molecule has 7 heteroatoms. The van der Waals surface area contributed by atoms with E-state index in [0.717, 1.165) is 38.1 Å². The molecule has 1 aromatic rings. The highest BCUT2D eigenvalue weighted by molar-refractivity contribution is 7.99. The van der Waals surface area contributed by atoms with Crippen LogP contribution in [0.3, 0.4) is 0 Å². The molecule has 6 nitrogen and oxygen atoms in total. The highest BCUT2D eigenvalue weighted by Crippen LogP contribution is 2.33. The fourth-order valence-electron chi connectivity index (χ4n) is 3.12. The van der Waals surface area contributed by atoms with Crippen molar-refractivity contribution in [3.8, 4) is 0 Å². The van der Waals surface area contributed by atoms with Crippen molar-refractivity contribution in [2.24, 2.45) is 0 Å². The van der Waals surface area contributed by atoms with Crippen molar-refractivity contribution >= 4 is 29.0 Å². The van der Waals surface area contributed by atoms with Gasteiger partial charge < -0.3 is 10.2 Å². The Morgan fingerprint density at radius 2 is 2.20 bits per heavy atom. The number of nitro groups is 1. The summed E-state index contributed by atoms with van der Waals surface area (Å²) in [5.41, 5.74) is 0.965. The first-order chi connectivity index (χ1) is 11.9. The van der Waals surface area contributed by atoms with Crippen LogP contribution in [0.4, 0.5) is 11.4 Å². The number of carbonyl (C=O) groups excluding carboxylic acids is 1. The van der Waals surface area contributed by atoms with Crippen LogP contribution < -0.4 is 10.2 Å². The van der Waals surface area contributed by atoms with E-state index in [1.165, 1.54) is 6.07 Å². The van der Waals surface area contributed by atoms with Gasteiger partial charge in [-0.05, 0) is 44.6 Å². The lowest BCUT2D eigenvalue weighted by Gasteiger charge is -2.26. The first kappa shape index (κ1) is 19.6. The Hall–Kier alpha value is -1.76. The minimum Gasteiger partial charge on any atom is -0.365 e. The Kier molecular flexibility index (Phi) is 7.11. The molecular formula is C18H27N3O3S. The molecule has 1 fully saturated rings. The molecule has 1 aliphatic heterocycles. The summed E-state index contributed by atoms with van der Waals surface area (Å²) in [6.45, 7) is 7.51. The molecule has 1 saturated heterocycles. The average molecular weight is 365 g/mol. The molecule has 0 spiro atoms. The molecule has 1 amide bonds. The van der Waals surface area contributed by atoms with Gasteiger partial charge in [0, 0.05) is 36.0 Å². The second-order valence-electron chi connectivity index (χ2n) is 6.61. The Morgan fingerprint density at radius 3 is 2.84 bits per heavy atom. The van der Waals surface area contributed by atoms with Crippen LogP contribution >= 0.6 is 11.8 Å². The summed E-state index contributed by atoms with van der Waals surface area (Å²) < 4.78 is 0. The third kappa shape index (κ3) is 5.36. The van der Waals surface area contributed by atoms with Crippen LogP contribution in [0, 0.1) is 10.1 Å². The molecule has 1 atom stereocenters. The van der Waals surface area contributed by atoms with Gasteiger partial charge in [-0.3, -0.25) is 14.9 Å². The van der Waals surface area contributed by atoms with Crippen LogP contribution in [0.25, 0.3) is 0 Å². The Bertz CT molecular complexity index is 622. The Labute approximate surface area is 153 Å². The van der Waals surface area contributed by atoms with E-state index in [9.17, 15) is 14.9 Å². The fourth-order valence-corrected chi connectivity index (χ4v) is 4.21. The van der Waals surface area contributed by atoms with E-state index in [0.29, 0.717) is 16.5 Å². The van der Waals surface area contributed by atoms with E-state index in [-0.39, 0.29) is 22.6 Å². The number of rotatable bonds is 6. The second kappa shape index (κ2) is 9.08. The Balaban J connectivity index is 2.30. The summed E-state index contributed by atoms with van der Waals surface area (Å²) >= 11 is 1.92. The summed E-state index contributed by atoms with van der Waals surface area (Å²) in [5.74, 6) is 0.773. The van der Waals surface area contributed by atoms with Crippen LogP contribution in [-0.4, -0.2) is 41.0 Å². The lowest BCUT2D eigenvalue weighted by molar-refractivity contribution is -0.384. The van der Waals surface area contributed by atoms with Gasteiger partial charge in [-0.15, -0.1) is 0 Å². The third-order valence-electron chi connectivity index (χ3n) is 4.23. The largest absolute Gasteiger partial charge is 0.365 e. The van der Waals surface area contributed by atoms with Crippen molar-refractivity contribution in [1.29, 1.82) is 0 Å². The van der Waals surface area contributed by atoms with E-state index < -0.39 is 0 Å². The number of hydrogen-bond acceptors (Lipinski definition) is 5. The van der Waals surface area contributed by atoms with Crippen molar-refractivity contribution in [2.45, 2.75) is 51.3 Å². The van der Waals surface area contributed by atoms with Gasteiger partial charge in [0.15, 0.2) is 0 Å². The molecule has 0 saturated carbocycles. The van der Waals surface area contributed by atoms with Gasteiger partial charge >= 0.3 is 0 Å². The van der Waals surface area contributed by atoms with E-state index in [2.05, 4.69) is 17.1 Å². The second-order valence-corrected chi connectivity index (χ2v) is 8.19. The van der Waals surface area contributed by atoms with Crippen molar-refractivity contribution in [1.82, 2.24) is 5.32 Å². The summed E-state index contributed by atoms with van der Waals surface area (Å²) in [7, 11) is 0. The monoisotopic (exact) mass is 365 g/mol. The Morgan fingerprint density at radius 1 is 1.44 bits per heavy atom. The summed E-state index contributed by atoms with van der Waals surface area (Å²) in [4.78, 5) is 25.5.